The minimum absolute atomic E-state index is 0.0542. The molecule has 0 spiro atoms. The Morgan fingerprint density at radius 1 is 1.18 bits per heavy atom. The molecule has 0 N–H and O–H groups in total. The summed E-state index contributed by atoms with van der Waals surface area (Å²) >= 11 is 0. The van der Waals surface area contributed by atoms with Gasteiger partial charge in [0.15, 0.2) is 0 Å². The van der Waals surface area contributed by atoms with Gasteiger partial charge in [0.1, 0.15) is 5.75 Å². The van der Waals surface area contributed by atoms with Crippen LogP contribution in [0.1, 0.15) is 20.3 Å². The summed E-state index contributed by atoms with van der Waals surface area (Å²) in [6.07, 6.45) is 0.798. The smallest absolute Gasteiger partial charge is 0.314 e. The summed E-state index contributed by atoms with van der Waals surface area (Å²) in [6, 6.07) is 13.7. The molecule has 0 aliphatic carbocycles. The Morgan fingerprint density at radius 3 is 2.59 bits per heavy atom. The molecule has 2 aromatic carbocycles. The van der Waals surface area contributed by atoms with Gasteiger partial charge in [-0.3, -0.25) is 4.79 Å². The maximum atomic E-state index is 11.7. The van der Waals surface area contributed by atoms with Crippen molar-refractivity contribution in [2.24, 2.45) is 5.92 Å². The Balaban J connectivity index is 2.22. The third kappa shape index (κ3) is 2.64. The highest BCUT2D eigenvalue weighted by Gasteiger charge is 2.12. The summed E-state index contributed by atoms with van der Waals surface area (Å²) in [6.45, 7) is 3.86. The van der Waals surface area contributed by atoms with Crippen molar-refractivity contribution in [3.63, 3.8) is 0 Å². The molecule has 2 aromatic rings. The Hall–Kier alpha value is -1.83. The van der Waals surface area contributed by atoms with E-state index < -0.39 is 0 Å². The molecular formula is C15H16O2. The Labute approximate surface area is 101 Å². The van der Waals surface area contributed by atoms with Crippen molar-refractivity contribution in [2.75, 3.05) is 0 Å². The van der Waals surface area contributed by atoms with E-state index in [1.165, 1.54) is 0 Å². The number of ether oxygens (including phenoxy) is 1. The van der Waals surface area contributed by atoms with Gasteiger partial charge in [0, 0.05) is 0 Å². The van der Waals surface area contributed by atoms with E-state index in [0.29, 0.717) is 5.75 Å². The van der Waals surface area contributed by atoms with Gasteiger partial charge in [-0.2, -0.15) is 0 Å². The number of hydrogen-bond acceptors (Lipinski definition) is 2. The summed E-state index contributed by atoms with van der Waals surface area (Å²) in [7, 11) is 0. The van der Waals surface area contributed by atoms with Gasteiger partial charge in [-0.25, -0.2) is 0 Å². The summed E-state index contributed by atoms with van der Waals surface area (Å²) < 4.78 is 5.34. The van der Waals surface area contributed by atoms with Gasteiger partial charge >= 0.3 is 5.97 Å². The van der Waals surface area contributed by atoms with Crippen LogP contribution in [0, 0.1) is 5.92 Å². The van der Waals surface area contributed by atoms with Crippen molar-refractivity contribution >= 4 is 16.7 Å². The fourth-order valence-electron chi connectivity index (χ4n) is 1.61. The molecule has 0 aromatic heterocycles. The van der Waals surface area contributed by atoms with Gasteiger partial charge in [-0.15, -0.1) is 0 Å². The van der Waals surface area contributed by atoms with Crippen LogP contribution in [0.4, 0.5) is 0 Å². The summed E-state index contributed by atoms with van der Waals surface area (Å²) in [4.78, 5) is 11.7. The van der Waals surface area contributed by atoms with Crippen molar-refractivity contribution in [2.45, 2.75) is 20.3 Å². The predicted octanol–water partition coefficient (Wildman–Crippen LogP) is 3.79. The molecule has 0 aliphatic heterocycles. The molecule has 1 unspecified atom stereocenters. The van der Waals surface area contributed by atoms with E-state index in [1.54, 1.807) is 0 Å². The second kappa shape index (κ2) is 5.00. The largest absolute Gasteiger partial charge is 0.426 e. The summed E-state index contributed by atoms with van der Waals surface area (Å²) in [5.41, 5.74) is 0. The first kappa shape index (κ1) is 11.6. The van der Waals surface area contributed by atoms with E-state index in [-0.39, 0.29) is 11.9 Å². The average molecular weight is 228 g/mol. The monoisotopic (exact) mass is 228 g/mol. The minimum atomic E-state index is -0.164. The molecule has 1 atom stereocenters. The highest BCUT2D eigenvalue weighted by molar-refractivity contribution is 5.84. The van der Waals surface area contributed by atoms with Gasteiger partial charge < -0.3 is 4.74 Å². The first-order valence-electron chi connectivity index (χ1n) is 5.91. The number of benzene rings is 2. The van der Waals surface area contributed by atoms with Crippen molar-refractivity contribution in [3.05, 3.63) is 42.5 Å². The topological polar surface area (TPSA) is 26.3 Å². The van der Waals surface area contributed by atoms with Gasteiger partial charge in [0.25, 0.3) is 0 Å². The zero-order valence-electron chi connectivity index (χ0n) is 10.1. The molecule has 88 valence electrons. The number of carbonyl (C=O) groups is 1. The van der Waals surface area contributed by atoms with Crippen molar-refractivity contribution in [1.29, 1.82) is 0 Å². The highest BCUT2D eigenvalue weighted by atomic mass is 16.5. The van der Waals surface area contributed by atoms with E-state index in [2.05, 4.69) is 0 Å². The fourth-order valence-corrected chi connectivity index (χ4v) is 1.61. The second-order valence-electron chi connectivity index (χ2n) is 4.24. The molecule has 0 amide bonds. The van der Waals surface area contributed by atoms with Gasteiger partial charge in [-0.1, -0.05) is 44.2 Å². The van der Waals surface area contributed by atoms with E-state index in [1.807, 2.05) is 56.3 Å². The standard InChI is InChI=1S/C15H16O2/c1-3-11(2)15(16)17-14-9-8-12-6-4-5-7-13(12)10-14/h4-11H,3H2,1-2H3. The highest BCUT2D eigenvalue weighted by Crippen LogP contribution is 2.21. The number of rotatable bonds is 3. The maximum Gasteiger partial charge on any atom is 0.314 e. The van der Waals surface area contributed by atoms with Crippen LogP contribution in [0.5, 0.6) is 5.75 Å². The zero-order chi connectivity index (χ0) is 12.3. The van der Waals surface area contributed by atoms with Crippen LogP contribution in [-0.4, -0.2) is 5.97 Å². The quantitative estimate of drug-likeness (QED) is 0.590. The van der Waals surface area contributed by atoms with Crippen LogP contribution in [0.2, 0.25) is 0 Å². The van der Waals surface area contributed by atoms with Crippen LogP contribution in [0.15, 0.2) is 42.5 Å². The van der Waals surface area contributed by atoms with Gasteiger partial charge in [0.2, 0.25) is 0 Å². The van der Waals surface area contributed by atoms with Crippen molar-refractivity contribution < 1.29 is 9.53 Å². The van der Waals surface area contributed by atoms with Crippen LogP contribution in [0.3, 0.4) is 0 Å². The molecule has 0 saturated heterocycles. The number of esters is 1. The molecule has 0 aliphatic rings. The molecule has 2 rings (SSSR count). The third-order valence-corrected chi connectivity index (χ3v) is 2.95. The van der Waals surface area contributed by atoms with E-state index in [0.717, 1.165) is 17.2 Å². The number of carbonyl (C=O) groups excluding carboxylic acids is 1. The zero-order valence-corrected chi connectivity index (χ0v) is 10.1. The molecule has 2 heteroatoms. The molecule has 0 heterocycles. The SMILES string of the molecule is CCC(C)C(=O)Oc1ccc2ccccc2c1. The number of hydrogen-bond donors (Lipinski definition) is 0. The second-order valence-corrected chi connectivity index (χ2v) is 4.24. The first-order valence-corrected chi connectivity index (χ1v) is 5.91. The van der Waals surface area contributed by atoms with Gasteiger partial charge in [0.05, 0.1) is 5.92 Å². The molecule has 17 heavy (non-hydrogen) atoms. The Kier molecular flexibility index (Phi) is 3.43. The normalized spacial score (nSPS) is 12.4. The lowest BCUT2D eigenvalue weighted by Crippen LogP contribution is -2.16. The minimum Gasteiger partial charge on any atom is -0.426 e. The fraction of sp³-hybridized carbons (Fsp3) is 0.267. The lowest BCUT2D eigenvalue weighted by molar-refractivity contribution is -0.138. The van der Waals surface area contributed by atoms with Crippen LogP contribution in [0.25, 0.3) is 10.8 Å². The van der Waals surface area contributed by atoms with E-state index in [4.69, 9.17) is 4.74 Å². The van der Waals surface area contributed by atoms with E-state index in [9.17, 15) is 4.79 Å². The lowest BCUT2D eigenvalue weighted by Gasteiger charge is -2.09. The van der Waals surface area contributed by atoms with Gasteiger partial charge in [-0.05, 0) is 29.3 Å². The molecule has 0 saturated carbocycles. The van der Waals surface area contributed by atoms with Crippen molar-refractivity contribution in [3.8, 4) is 5.75 Å². The van der Waals surface area contributed by atoms with E-state index >= 15 is 0 Å². The van der Waals surface area contributed by atoms with Crippen LogP contribution in [-0.2, 0) is 4.79 Å². The van der Waals surface area contributed by atoms with Crippen LogP contribution < -0.4 is 4.74 Å². The van der Waals surface area contributed by atoms with Crippen molar-refractivity contribution in [1.82, 2.24) is 0 Å². The maximum absolute atomic E-state index is 11.7. The number of fused-ring (bicyclic) bond motifs is 1. The molecule has 0 radical (unpaired) electrons. The predicted molar refractivity (Wildman–Crippen MR) is 69.0 cm³/mol. The Morgan fingerprint density at radius 2 is 1.88 bits per heavy atom. The first-order chi connectivity index (χ1) is 8.20. The molecule has 0 bridgehead atoms. The third-order valence-electron chi connectivity index (χ3n) is 2.95. The average Bonchev–Trinajstić information content (AvgIpc) is 2.37. The molecular weight excluding hydrogens is 212 g/mol. The molecule has 0 fully saturated rings. The Bertz CT molecular complexity index is 531. The molecule has 2 nitrogen and oxygen atoms in total. The summed E-state index contributed by atoms with van der Waals surface area (Å²) in [5, 5.41) is 2.23. The summed E-state index contributed by atoms with van der Waals surface area (Å²) in [5.74, 6) is 0.401. The van der Waals surface area contributed by atoms with Crippen LogP contribution >= 0.6 is 0 Å². The lowest BCUT2D eigenvalue weighted by atomic mass is 10.1.